The van der Waals surface area contributed by atoms with Gasteiger partial charge in [-0.05, 0) is 24.3 Å². The molecular formula is C14H13F2NO3S. The minimum atomic E-state index is -3.92. The molecule has 0 aliphatic heterocycles. The van der Waals surface area contributed by atoms with Crippen LogP contribution in [0, 0.1) is 11.6 Å². The lowest BCUT2D eigenvalue weighted by Crippen LogP contribution is -2.08. The number of rotatable bonds is 4. The predicted octanol–water partition coefficient (Wildman–Crippen LogP) is 2.53. The van der Waals surface area contributed by atoms with Crippen molar-refractivity contribution in [3.05, 3.63) is 53.6 Å². The SMILES string of the molecule is COc1cccc(CS(=O)(=O)c2cc(N)cc(F)c2)c1F. The van der Waals surface area contributed by atoms with Crippen LogP contribution < -0.4 is 10.5 Å². The molecule has 0 atom stereocenters. The van der Waals surface area contributed by atoms with Crippen LogP contribution in [0.3, 0.4) is 0 Å². The zero-order chi connectivity index (χ0) is 15.6. The molecule has 2 N–H and O–H groups in total. The molecule has 0 spiro atoms. The average molecular weight is 313 g/mol. The molecule has 0 aliphatic rings. The van der Waals surface area contributed by atoms with E-state index < -0.39 is 27.2 Å². The fourth-order valence-electron chi connectivity index (χ4n) is 1.88. The van der Waals surface area contributed by atoms with Gasteiger partial charge < -0.3 is 10.5 Å². The zero-order valence-electron chi connectivity index (χ0n) is 11.1. The van der Waals surface area contributed by atoms with Crippen LogP contribution in [-0.2, 0) is 15.6 Å². The number of halogens is 2. The number of methoxy groups -OCH3 is 1. The molecule has 0 fully saturated rings. The minimum Gasteiger partial charge on any atom is -0.494 e. The van der Waals surface area contributed by atoms with E-state index in [1.165, 1.54) is 25.3 Å². The van der Waals surface area contributed by atoms with Crippen molar-refractivity contribution in [1.29, 1.82) is 0 Å². The van der Waals surface area contributed by atoms with Crippen LogP contribution in [0.15, 0.2) is 41.3 Å². The molecule has 0 amide bonds. The molecule has 112 valence electrons. The van der Waals surface area contributed by atoms with Gasteiger partial charge in [-0.25, -0.2) is 17.2 Å². The number of hydrogen-bond acceptors (Lipinski definition) is 4. The van der Waals surface area contributed by atoms with E-state index in [0.717, 1.165) is 18.2 Å². The van der Waals surface area contributed by atoms with E-state index in [0.29, 0.717) is 0 Å². The number of hydrogen-bond donors (Lipinski definition) is 1. The van der Waals surface area contributed by atoms with Crippen molar-refractivity contribution in [2.75, 3.05) is 12.8 Å². The molecule has 4 nitrogen and oxygen atoms in total. The quantitative estimate of drug-likeness (QED) is 0.881. The average Bonchev–Trinajstić information content (AvgIpc) is 2.40. The van der Waals surface area contributed by atoms with Crippen molar-refractivity contribution in [2.45, 2.75) is 10.6 Å². The fraction of sp³-hybridized carbons (Fsp3) is 0.143. The van der Waals surface area contributed by atoms with Crippen LogP contribution in [0.5, 0.6) is 5.75 Å². The summed E-state index contributed by atoms with van der Waals surface area (Å²) in [6.07, 6.45) is 0. The number of anilines is 1. The summed E-state index contributed by atoms with van der Waals surface area (Å²) in [7, 11) is -2.64. The second-order valence-corrected chi connectivity index (χ2v) is 6.40. The van der Waals surface area contributed by atoms with E-state index in [1.54, 1.807) is 0 Å². The van der Waals surface area contributed by atoms with Gasteiger partial charge >= 0.3 is 0 Å². The van der Waals surface area contributed by atoms with Gasteiger partial charge in [-0.1, -0.05) is 12.1 Å². The van der Waals surface area contributed by atoms with Gasteiger partial charge in [0.25, 0.3) is 0 Å². The van der Waals surface area contributed by atoms with Crippen molar-refractivity contribution < 1.29 is 21.9 Å². The maximum atomic E-state index is 14.0. The Hall–Kier alpha value is -2.15. The summed E-state index contributed by atoms with van der Waals surface area (Å²) >= 11 is 0. The smallest absolute Gasteiger partial charge is 0.182 e. The summed E-state index contributed by atoms with van der Waals surface area (Å²) in [6, 6.07) is 7.18. The number of nitrogen functional groups attached to an aromatic ring is 1. The Morgan fingerprint density at radius 2 is 1.90 bits per heavy atom. The normalized spacial score (nSPS) is 11.4. The van der Waals surface area contributed by atoms with Gasteiger partial charge in [-0.15, -0.1) is 0 Å². The molecule has 0 aliphatic carbocycles. The molecule has 2 aromatic carbocycles. The summed E-state index contributed by atoms with van der Waals surface area (Å²) in [6.45, 7) is 0. The van der Waals surface area contributed by atoms with E-state index in [9.17, 15) is 17.2 Å². The summed E-state index contributed by atoms with van der Waals surface area (Å²) in [4.78, 5) is -0.290. The van der Waals surface area contributed by atoms with E-state index in [1.807, 2.05) is 0 Å². The molecule has 0 saturated carbocycles. The molecule has 0 unspecified atom stereocenters. The number of sulfone groups is 1. The third kappa shape index (κ3) is 3.30. The highest BCUT2D eigenvalue weighted by molar-refractivity contribution is 7.90. The lowest BCUT2D eigenvalue weighted by molar-refractivity contribution is 0.385. The Kier molecular flexibility index (Phi) is 4.13. The molecule has 2 aromatic rings. The number of benzene rings is 2. The highest BCUT2D eigenvalue weighted by atomic mass is 32.2. The van der Waals surface area contributed by atoms with Crippen molar-refractivity contribution >= 4 is 15.5 Å². The molecule has 0 radical (unpaired) electrons. The largest absolute Gasteiger partial charge is 0.494 e. The number of nitrogens with two attached hydrogens (primary N) is 1. The van der Waals surface area contributed by atoms with Crippen LogP contribution in [0.4, 0.5) is 14.5 Å². The Labute approximate surface area is 121 Å². The third-order valence-electron chi connectivity index (χ3n) is 2.86. The van der Waals surface area contributed by atoms with Crippen molar-refractivity contribution in [1.82, 2.24) is 0 Å². The van der Waals surface area contributed by atoms with E-state index in [-0.39, 0.29) is 21.9 Å². The Bertz CT molecular complexity index is 756. The van der Waals surface area contributed by atoms with Crippen LogP contribution in [-0.4, -0.2) is 15.5 Å². The van der Waals surface area contributed by atoms with Gasteiger partial charge in [-0.2, -0.15) is 0 Å². The van der Waals surface area contributed by atoms with Gasteiger partial charge in [-0.3, -0.25) is 0 Å². The standard InChI is InChI=1S/C14H13F2NO3S/c1-20-13-4-2-3-9(14(13)16)8-21(18,19)12-6-10(15)5-11(17)7-12/h2-7H,8,17H2,1H3. The molecule has 21 heavy (non-hydrogen) atoms. The second-order valence-electron chi connectivity index (χ2n) is 4.41. The first-order valence-electron chi connectivity index (χ1n) is 5.93. The molecule has 7 heteroatoms. The lowest BCUT2D eigenvalue weighted by Gasteiger charge is -2.09. The molecule has 0 bridgehead atoms. The van der Waals surface area contributed by atoms with E-state index >= 15 is 0 Å². The third-order valence-corrected chi connectivity index (χ3v) is 4.51. The molecule has 2 rings (SSSR count). The van der Waals surface area contributed by atoms with Crippen molar-refractivity contribution in [2.24, 2.45) is 0 Å². The zero-order valence-corrected chi connectivity index (χ0v) is 12.0. The first-order valence-corrected chi connectivity index (χ1v) is 7.59. The summed E-state index contributed by atoms with van der Waals surface area (Å²) in [5.41, 5.74) is 5.35. The second kappa shape index (κ2) is 5.69. The van der Waals surface area contributed by atoms with E-state index in [2.05, 4.69) is 0 Å². The summed E-state index contributed by atoms with van der Waals surface area (Å²) in [5.74, 6) is -2.19. The first kappa shape index (κ1) is 15.2. The van der Waals surface area contributed by atoms with Gasteiger partial charge in [0.15, 0.2) is 21.4 Å². The lowest BCUT2D eigenvalue weighted by atomic mass is 10.2. The summed E-state index contributed by atoms with van der Waals surface area (Å²) < 4.78 is 56.5. The maximum absolute atomic E-state index is 14.0. The topological polar surface area (TPSA) is 69.4 Å². The van der Waals surface area contributed by atoms with Crippen molar-refractivity contribution in [3.63, 3.8) is 0 Å². The fourth-order valence-corrected chi connectivity index (χ4v) is 3.28. The van der Waals surface area contributed by atoms with Crippen LogP contribution in [0.2, 0.25) is 0 Å². The van der Waals surface area contributed by atoms with Gasteiger partial charge in [0, 0.05) is 11.3 Å². The summed E-state index contributed by atoms with van der Waals surface area (Å²) in [5, 5.41) is 0. The minimum absolute atomic E-state index is 0.0142. The van der Waals surface area contributed by atoms with Crippen molar-refractivity contribution in [3.8, 4) is 5.75 Å². The van der Waals surface area contributed by atoms with Gasteiger partial charge in [0.05, 0.1) is 17.8 Å². The predicted molar refractivity (Wildman–Crippen MR) is 74.7 cm³/mol. The van der Waals surface area contributed by atoms with Gasteiger partial charge in [0.2, 0.25) is 0 Å². The van der Waals surface area contributed by atoms with E-state index in [4.69, 9.17) is 10.5 Å². The van der Waals surface area contributed by atoms with Gasteiger partial charge in [0.1, 0.15) is 5.82 Å². The number of ether oxygens (including phenoxy) is 1. The highest BCUT2D eigenvalue weighted by Crippen LogP contribution is 2.25. The van der Waals surface area contributed by atoms with Crippen LogP contribution in [0.25, 0.3) is 0 Å². The Morgan fingerprint density at radius 3 is 2.52 bits per heavy atom. The molecular weight excluding hydrogens is 300 g/mol. The maximum Gasteiger partial charge on any atom is 0.182 e. The Balaban J connectivity index is 2.42. The molecule has 0 aromatic heterocycles. The van der Waals surface area contributed by atoms with Crippen LogP contribution in [0.1, 0.15) is 5.56 Å². The molecule has 0 saturated heterocycles. The monoisotopic (exact) mass is 313 g/mol. The molecule has 0 heterocycles. The first-order chi connectivity index (χ1) is 9.83. The Morgan fingerprint density at radius 1 is 1.19 bits per heavy atom. The van der Waals surface area contributed by atoms with Crippen LogP contribution >= 0.6 is 0 Å². The highest BCUT2D eigenvalue weighted by Gasteiger charge is 2.20.